The number of rotatable bonds is 4. The summed E-state index contributed by atoms with van der Waals surface area (Å²) in [6.45, 7) is 3.82. The molecule has 0 bridgehead atoms. The lowest BCUT2D eigenvalue weighted by Gasteiger charge is -2.36. The molecular formula is C27H27FN6O2. The SMILES string of the molecule is O=C(c1ccc(F)cc1)N1CCN(c2nc(C3CCOCC3)nc3c2cnn3-c2ccccc2)CC1. The predicted octanol–water partition coefficient (Wildman–Crippen LogP) is 3.81. The van der Waals surface area contributed by atoms with Gasteiger partial charge < -0.3 is 14.5 Å². The number of amides is 1. The summed E-state index contributed by atoms with van der Waals surface area (Å²) in [5.41, 5.74) is 2.24. The average Bonchev–Trinajstić information content (AvgIpc) is 3.38. The molecule has 2 aromatic heterocycles. The van der Waals surface area contributed by atoms with E-state index in [4.69, 9.17) is 14.7 Å². The first-order valence-electron chi connectivity index (χ1n) is 12.4. The minimum Gasteiger partial charge on any atom is -0.381 e. The topological polar surface area (TPSA) is 76.4 Å². The molecule has 0 saturated carbocycles. The number of piperazine rings is 1. The van der Waals surface area contributed by atoms with Gasteiger partial charge in [0.25, 0.3) is 5.91 Å². The van der Waals surface area contributed by atoms with Crippen LogP contribution in [0.4, 0.5) is 10.2 Å². The largest absolute Gasteiger partial charge is 0.381 e. The first-order valence-corrected chi connectivity index (χ1v) is 12.4. The molecule has 0 spiro atoms. The molecule has 8 nitrogen and oxygen atoms in total. The number of hydrogen-bond acceptors (Lipinski definition) is 6. The Morgan fingerprint density at radius 1 is 0.917 bits per heavy atom. The maximum absolute atomic E-state index is 13.3. The van der Waals surface area contributed by atoms with Gasteiger partial charge >= 0.3 is 0 Å². The zero-order valence-corrected chi connectivity index (χ0v) is 19.9. The van der Waals surface area contributed by atoms with Crippen molar-refractivity contribution in [2.24, 2.45) is 0 Å². The van der Waals surface area contributed by atoms with Crippen molar-refractivity contribution in [1.29, 1.82) is 0 Å². The summed E-state index contributed by atoms with van der Waals surface area (Å²) in [5, 5.41) is 5.56. The molecule has 2 aromatic carbocycles. The Hall–Kier alpha value is -3.85. The molecule has 4 heterocycles. The molecule has 2 aliphatic rings. The summed E-state index contributed by atoms with van der Waals surface area (Å²) in [5.74, 6) is 1.49. The van der Waals surface area contributed by atoms with E-state index in [0.717, 1.165) is 41.2 Å². The summed E-state index contributed by atoms with van der Waals surface area (Å²) in [7, 11) is 0. The van der Waals surface area contributed by atoms with Crippen LogP contribution < -0.4 is 4.90 Å². The van der Waals surface area contributed by atoms with Gasteiger partial charge in [-0.25, -0.2) is 19.0 Å². The minimum absolute atomic E-state index is 0.0812. The third-order valence-corrected chi connectivity index (χ3v) is 6.97. The van der Waals surface area contributed by atoms with Crippen LogP contribution in [0.15, 0.2) is 60.8 Å². The number of ether oxygens (including phenoxy) is 1. The highest BCUT2D eigenvalue weighted by atomic mass is 19.1. The van der Waals surface area contributed by atoms with E-state index in [1.165, 1.54) is 24.3 Å². The van der Waals surface area contributed by atoms with Crippen molar-refractivity contribution in [3.8, 4) is 5.69 Å². The lowest BCUT2D eigenvalue weighted by atomic mass is 9.99. The Bertz CT molecular complexity index is 1360. The fourth-order valence-electron chi connectivity index (χ4n) is 4.94. The standard InChI is InChI=1S/C27H27FN6O2/c28-21-8-6-20(7-9-21)27(35)33-14-12-32(13-15-33)25-23-18-29-34(22-4-2-1-3-5-22)26(23)31-24(30-25)19-10-16-36-17-11-19/h1-9,18-19H,10-17H2. The van der Waals surface area contributed by atoms with Gasteiger partial charge in [-0.1, -0.05) is 18.2 Å². The maximum Gasteiger partial charge on any atom is 0.253 e. The predicted molar refractivity (Wildman–Crippen MR) is 134 cm³/mol. The fourth-order valence-corrected chi connectivity index (χ4v) is 4.94. The van der Waals surface area contributed by atoms with Crippen LogP contribution >= 0.6 is 0 Å². The molecule has 0 radical (unpaired) electrons. The lowest BCUT2D eigenvalue weighted by molar-refractivity contribution is 0.0746. The number of anilines is 1. The second-order valence-corrected chi connectivity index (χ2v) is 9.21. The van der Waals surface area contributed by atoms with Gasteiger partial charge in [0.2, 0.25) is 0 Å². The van der Waals surface area contributed by atoms with E-state index < -0.39 is 0 Å². The number of carbonyl (C=O) groups is 1. The number of halogens is 1. The Morgan fingerprint density at radius 2 is 1.64 bits per heavy atom. The van der Waals surface area contributed by atoms with Crippen LogP contribution in [0.2, 0.25) is 0 Å². The molecule has 0 unspecified atom stereocenters. The molecule has 9 heteroatoms. The summed E-state index contributed by atoms with van der Waals surface area (Å²) in [6, 6.07) is 15.7. The van der Waals surface area contributed by atoms with E-state index in [-0.39, 0.29) is 17.6 Å². The molecular weight excluding hydrogens is 459 g/mol. The monoisotopic (exact) mass is 486 g/mol. The van der Waals surface area contributed by atoms with Crippen LogP contribution in [0.5, 0.6) is 0 Å². The van der Waals surface area contributed by atoms with Gasteiger partial charge in [-0.3, -0.25) is 4.79 Å². The van der Waals surface area contributed by atoms with Crippen molar-refractivity contribution in [1.82, 2.24) is 24.6 Å². The smallest absolute Gasteiger partial charge is 0.253 e. The van der Waals surface area contributed by atoms with Crippen molar-refractivity contribution >= 4 is 22.8 Å². The van der Waals surface area contributed by atoms with Crippen LogP contribution in [0, 0.1) is 5.82 Å². The number of para-hydroxylation sites is 1. The van der Waals surface area contributed by atoms with E-state index in [1.54, 1.807) is 0 Å². The van der Waals surface area contributed by atoms with Crippen LogP contribution in [-0.4, -0.2) is 69.9 Å². The molecule has 0 N–H and O–H groups in total. The van der Waals surface area contributed by atoms with Crippen LogP contribution in [-0.2, 0) is 4.74 Å². The van der Waals surface area contributed by atoms with Crippen LogP contribution in [0.3, 0.4) is 0 Å². The van der Waals surface area contributed by atoms with Crippen LogP contribution in [0.25, 0.3) is 16.7 Å². The molecule has 2 saturated heterocycles. The normalized spacial score (nSPS) is 17.0. The zero-order valence-electron chi connectivity index (χ0n) is 19.9. The molecule has 36 heavy (non-hydrogen) atoms. The summed E-state index contributed by atoms with van der Waals surface area (Å²) < 4.78 is 20.7. The summed E-state index contributed by atoms with van der Waals surface area (Å²) in [4.78, 5) is 27.0. The van der Waals surface area contributed by atoms with Gasteiger partial charge in [-0.2, -0.15) is 5.10 Å². The third kappa shape index (κ3) is 4.30. The van der Waals surface area contributed by atoms with E-state index in [0.29, 0.717) is 45.0 Å². The van der Waals surface area contributed by atoms with Gasteiger partial charge in [0.05, 0.1) is 17.3 Å². The number of benzene rings is 2. The molecule has 6 rings (SSSR count). The van der Waals surface area contributed by atoms with Crippen molar-refractivity contribution in [3.63, 3.8) is 0 Å². The molecule has 0 atom stereocenters. The van der Waals surface area contributed by atoms with E-state index in [2.05, 4.69) is 10.00 Å². The zero-order chi connectivity index (χ0) is 24.5. The molecule has 1 amide bonds. The lowest BCUT2D eigenvalue weighted by Crippen LogP contribution is -2.49. The Balaban J connectivity index is 1.31. The highest BCUT2D eigenvalue weighted by molar-refractivity contribution is 5.94. The molecule has 4 aromatic rings. The first-order chi connectivity index (χ1) is 17.7. The maximum atomic E-state index is 13.3. The van der Waals surface area contributed by atoms with Gasteiger partial charge in [-0.05, 0) is 49.2 Å². The second kappa shape index (κ2) is 9.66. The number of nitrogens with zero attached hydrogens (tertiary/aromatic N) is 6. The van der Waals surface area contributed by atoms with Crippen molar-refractivity contribution in [2.45, 2.75) is 18.8 Å². The van der Waals surface area contributed by atoms with Gasteiger partial charge in [0.15, 0.2) is 5.65 Å². The Labute approximate surface area is 208 Å². The molecule has 2 fully saturated rings. The Morgan fingerprint density at radius 3 is 2.36 bits per heavy atom. The minimum atomic E-state index is -0.347. The molecule has 2 aliphatic heterocycles. The summed E-state index contributed by atoms with van der Waals surface area (Å²) in [6.07, 6.45) is 3.62. The average molecular weight is 487 g/mol. The highest BCUT2D eigenvalue weighted by Crippen LogP contribution is 2.31. The van der Waals surface area contributed by atoms with Crippen LogP contribution in [0.1, 0.15) is 34.9 Å². The Kier molecular flexibility index (Phi) is 6.06. The number of hydrogen-bond donors (Lipinski definition) is 0. The molecule has 184 valence electrons. The van der Waals surface area contributed by atoms with Gasteiger partial charge in [-0.15, -0.1) is 0 Å². The summed E-state index contributed by atoms with van der Waals surface area (Å²) >= 11 is 0. The van der Waals surface area contributed by atoms with E-state index in [9.17, 15) is 9.18 Å². The number of fused-ring (bicyclic) bond motifs is 1. The van der Waals surface area contributed by atoms with Gasteiger partial charge in [0, 0.05) is 50.9 Å². The van der Waals surface area contributed by atoms with Gasteiger partial charge in [0.1, 0.15) is 17.5 Å². The number of aromatic nitrogens is 4. The highest BCUT2D eigenvalue weighted by Gasteiger charge is 2.28. The second-order valence-electron chi connectivity index (χ2n) is 9.21. The molecule has 0 aliphatic carbocycles. The van der Waals surface area contributed by atoms with Crippen molar-refractivity contribution in [3.05, 3.63) is 78.0 Å². The van der Waals surface area contributed by atoms with Crippen molar-refractivity contribution in [2.75, 3.05) is 44.3 Å². The third-order valence-electron chi connectivity index (χ3n) is 6.97. The van der Waals surface area contributed by atoms with E-state index >= 15 is 0 Å². The van der Waals surface area contributed by atoms with Crippen molar-refractivity contribution < 1.29 is 13.9 Å². The fraction of sp³-hybridized carbons (Fsp3) is 0.333. The quantitative estimate of drug-likeness (QED) is 0.437. The van der Waals surface area contributed by atoms with E-state index in [1.807, 2.05) is 46.1 Å². The first kappa shape index (κ1) is 22.6. The number of carbonyl (C=O) groups excluding carboxylic acids is 1.